The summed E-state index contributed by atoms with van der Waals surface area (Å²) in [4.78, 5) is 20.2. The van der Waals surface area contributed by atoms with Gasteiger partial charge in [-0.2, -0.15) is 0 Å². The molecule has 0 aliphatic rings. The summed E-state index contributed by atoms with van der Waals surface area (Å²) in [6.07, 6.45) is 6.15. The van der Waals surface area contributed by atoms with Gasteiger partial charge in [0.05, 0.1) is 10.0 Å². The smallest absolute Gasteiger partial charge is 0.381 e. The molecule has 0 spiro atoms. The first-order chi connectivity index (χ1) is 13.5. The van der Waals surface area contributed by atoms with Crippen LogP contribution in [0.5, 0.6) is 5.75 Å². The first-order valence-electron chi connectivity index (χ1n) is 8.76. The Balaban J connectivity index is 1.73. The van der Waals surface area contributed by atoms with Gasteiger partial charge in [0.25, 0.3) is 0 Å². The van der Waals surface area contributed by atoms with E-state index in [0.29, 0.717) is 21.2 Å². The molecule has 1 aromatic heterocycles. The molecule has 0 amide bonds. The summed E-state index contributed by atoms with van der Waals surface area (Å²) in [6.45, 7) is 2.10. The van der Waals surface area contributed by atoms with E-state index in [1.54, 1.807) is 30.6 Å². The van der Waals surface area contributed by atoms with E-state index in [1.807, 2.05) is 0 Å². The van der Waals surface area contributed by atoms with Crippen molar-refractivity contribution in [3.63, 3.8) is 0 Å². The Hall–Kier alpha value is -2.50. The predicted octanol–water partition coefficient (Wildman–Crippen LogP) is 6.15. The molecule has 0 bridgehead atoms. The minimum atomic E-state index is -0.747. The first-order valence-corrected chi connectivity index (χ1v) is 9.51. The maximum absolute atomic E-state index is 14.5. The summed E-state index contributed by atoms with van der Waals surface area (Å²) in [5.41, 5.74) is 1.83. The van der Waals surface area contributed by atoms with Crippen molar-refractivity contribution in [2.45, 2.75) is 26.2 Å². The van der Waals surface area contributed by atoms with Crippen LogP contribution in [-0.2, 0) is 6.42 Å². The number of ether oxygens (including phenoxy) is 1. The largest absolute Gasteiger partial charge is 0.421 e. The van der Waals surface area contributed by atoms with E-state index in [9.17, 15) is 9.18 Å². The van der Waals surface area contributed by atoms with Gasteiger partial charge in [-0.15, -0.1) is 0 Å². The number of aryl methyl sites for hydroxylation is 1. The van der Waals surface area contributed by atoms with Crippen molar-refractivity contribution in [2.24, 2.45) is 0 Å². The van der Waals surface area contributed by atoms with E-state index < -0.39 is 11.8 Å². The molecule has 1 heterocycles. The molecule has 0 saturated heterocycles. The molecule has 0 aliphatic carbocycles. The third-order valence-electron chi connectivity index (χ3n) is 4.09. The maximum atomic E-state index is 14.5. The van der Waals surface area contributed by atoms with Gasteiger partial charge in [-0.3, -0.25) is 0 Å². The van der Waals surface area contributed by atoms with Crippen LogP contribution < -0.4 is 4.74 Å². The number of rotatable bonds is 6. The lowest BCUT2D eigenvalue weighted by Gasteiger charge is -2.08. The fraction of sp³-hybridized carbons (Fsp3) is 0.190. The minimum absolute atomic E-state index is 0.0602. The molecule has 2 aromatic carbocycles. The van der Waals surface area contributed by atoms with Gasteiger partial charge in [0.1, 0.15) is 11.6 Å². The standard InChI is InChI=1S/C21H17Cl2FN2O2/c1-2-3-4-13-11-25-20(26-12-13)21(27)28-15-6-7-16(19(24)10-15)14-5-8-17(22)18(23)9-14/h5-12H,2-4H2,1H3. The highest BCUT2D eigenvalue weighted by atomic mass is 35.5. The third kappa shape index (κ3) is 4.86. The highest BCUT2D eigenvalue weighted by Crippen LogP contribution is 2.31. The molecule has 0 radical (unpaired) electrons. The van der Waals surface area contributed by atoms with Crippen LogP contribution in [0.25, 0.3) is 11.1 Å². The number of carbonyl (C=O) groups is 1. The molecule has 3 rings (SSSR count). The number of nitrogens with zero attached hydrogens (tertiary/aromatic N) is 2. The molecule has 28 heavy (non-hydrogen) atoms. The van der Waals surface area contributed by atoms with Crippen molar-refractivity contribution in [1.29, 1.82) is 0 Å². The van der Waals surface area contributed by atoms with Crippen LogP contribution in [0.2, 0.25) is 10.0 Å². The highest BCUT2D eigenvalue weighted by Gasteiger charge is 2.14. The predicted molar refractivity (Wildman–Crippen MR) is 107 cm³/mol. The van der Waals surface area contributed by atoms with Crippen LogP contribution in [0.4, 0.5) is 4.39 Å². The summed E-state index contributed by atoms with van der Waals surface area (Å²) in [7, 11) is 0. The molecule has 0 saturated carbocycles. The van der Waals surface area contributed by atoms with Crippen molar-refractivity contribution < 1.29 is 13.9 Å². The molecule has 0 atom stereocenters. The van der Waals surface area contributed by atoms with Crippen molar-refractivity contribution in [1.82, 2.24) is 9.97 Å². The molecule has 4 nitrogen and oxygen atoms in total. The molecule has 0 unspecified atom stereocenters. The van der Waals surface area contributed by atoms with Crippen molar-refractivity contribution in [2.75, 3.05) is 0 Å². The Bertz CT molecular complexity index is 994. The van der Waals surface area contributed by atoms with Gasteiger partial charge in [0, 0.05) is 24.0 Å². The normalized spacial score (nSPS) is 10.7. The van der Waals surface area contributed by atoms with E-state index in [4.69, 9.17) is 27.9 Å². The number of aromatic nitrogens is 2. The average Bonchev–Trinajstić information content (AvgIpc) is 2.69. The zero-order valence-corrected chi connectivity index (χ0v) is 16.6. The number of unbranched alkanes of at least 4 members (excludes halogenated alkanes) is 1. The van der Waals surface area contributed by atoms with Crippen LogP contribution in [0.1, 0.15) is 35.9 Å². The zero-order valence-electron chi connectivity index (χ0n) is 15.1. The number of hydrogen-bond acceptors (Lipinski definition) is 4. The minimum Gasteiger partial charge on any atom is -0.421 e. The summed E-state index contributed by atoms with van der Waals surface area (Å²) >= 11 is 11.9. The molecule has 144 valence electrons. The van der Waals surface area contributed by atoms with Gasteiger partial charge in [-0.05, 0) is 48.2 Å². The second-order valence-corrected chi connectivity index (χ2v) is 6.99. The fourth-order valence-corrected chi connectivity index (χ4v) is 2.88. The number of benzene rings is 2. The topological polar surface area (TPSA) is 52.1 Å². The average molecular weight is 419 g/mol. The molecule has 0 N–H and O–H groups in total. The van der Waals surface area contributed by atoms with Crippen LogP contribution in [0.15, 0.2) is 48.8 Å². The summed E-state index contributed by atoms with van der Waals surface area (Å²) < 4.78 is 19.7. The van der Waals surface area contributed by atoms with Gasteiger partial charge in [-0.25, -0.2) is 19.2 Å². The van der Waals surface area contributed by atoms with Gasteiger partial charge >= 0.3 is 5.97 Å². The lowest BCUT2D eigenvalue weighted by atomic mass is 10.1. The van der Waals surface area contributed by atoms with E-state index in [-0.39, 0.29) is 11.6 Å². The van der Waals surface area contributed by atoms with Gasteiger partial charge < -0.3 is 4.74 Å². The van der Waals surface area contributed by atoms with Crippen LogP contribution in [0, 0.1) is 5.82 Å². The Morgan fingerprint density at radius 3 is 2.46 bits per heavy atom. The Labute approximate surface area is 172 Å². The van der Waals surface area contributed by atoms with Crippen LogP contribution in [0.3, 0.4) is 0 Å². The molecule has 3 aromatic rings. The second kappa shape index (κ2) is 9.13. The van der Waals surface area contributed by atoms with E-state index in [1.165, 1.54) is 12.1 Å². The first kappa shape index (κ1) is 20.2. The number of carbonyl (C=O) groups excluding carboxylic acids is 1. The Kier molecular flexibility index (Phi) is 6.60. The Morgan fingerprint density at radius 2 is 1.82 bits per heavy atom. The van der Waals surface area contributed by atoms with Crippen molar-refractivity contribution in [3.05, 3.63) is 76.0 Å². The molecular formula is C21H17Cl2FN2O2. The number of hydrogen-bond donors (Lipinski definition) is 0. The van der Waals surface area contributed by atoms with E-state index in [0.717, 1.165) is 30.9 Å². The molecule has 0 fully saturated rings. The molecule has 0 aliphatic heterocycles. The number of esters is 1. The third-order valence-corrected chi connectivity index (χ3v) is 4.83. The van der Waals surface area contributed by atoms with Crippen molar-refractivity contribution in [3.8, 4) is 16.9 Å². The Morgan fingerprint density at radius 1 is 1.07 bits per heavy atom. The maximum Gasteiger partial charge on any atom is 0.381 e. The van der Waals surface area contributed by atoms with Crippen molar-refractivity contribution >= 4 is 29.2 Å². The monoisotopic (exact) mass is 418 g/mol. The van der Waals surface area contributed by atoms with Crippen LogP contribution in [-0.4, -0.2) is 15.9 Å². The van der Waals surface area contributed by atoms with Gasteiger partial charge in [-0.1, -0.05) is 42.6 Å². The SMILES string of the molecule is CCCCc1cnc(C(=O)Oc2ccc(-c3ccc(Cl)c(Cl)c3)c(F)c2)nc1. The lowest BCUT2D eigenvalue weighted by molar-refractivity contribution is 0.0721. The van der Waals surface area contributed by atoms with Gasteiger partial charge in [0.2, 0.25) is 5.82 Å². The van der Waals surface area contributed by atoms with Crippen LogP contribution >= 0.6 is 23.2 Å². The van der Waals surface area contributed by atoms with Gasteiger partial charge in [0.15, 0.2) is 0 Å². The quantitative estimate of drug-likeness (QED) is 0.355. The van der Waals surface area contributed by atoms with E-state index >= 15 is 0 Å². The summed E-state index contributed by atoms with van der Waals surface area (Å²) in [5, 5.41) is 0.714. The fourth-order valence-electron chi connectivity index (χ4n) is 2.58. The zero-order chi connectivity index (χ0) is 20.1. The highest BCUT2D eigenvalue weighted by molar-refractivity contribution is 6.42. The summed E-state index contributed by atoms with van der Waals surface area (Å²) in [6, 6.07) is 8.95. The molecular weight excluding hydrogens is 402 g/mol. The van der Waals surface area contributed by atoms with E-state index in [2.05, 4.69) is 16.9 Å². The molecule has 7 heteroatoms. The lowest BCUT2D eigenvalue weighted by Crippen LogP contribution is -2.13. The summed E-state index contributed by atoms with van der Waals surface area (Å²) in [5.74, 6) is -1.32. The second-order valence-electron chi connectivity index (χ2n) is 6.18. The number of halogens is 3.